The van der Waals surface area contributed by atoms with Crippen LogP contribution in [0.1, 0.15) is 27.3 Å². The Morgan fingerprint density at radius 2 is 1.89 bits per heavy atom. The number of rotatable bonds is 9. The van der Waals surface area contributed by atoms with E-state index in [4.69, 9.17) is 16.7 Å². The van der Waals surface area contributed by atoms with Crippen molar-refractivity contribution in [2.45, 2.75) is 19.4 Å². The summed E-state index contributed by atoms with van der Waals surface area (Å²) in [5, 5.41) is 30.4. The number of aromatic nitrogens is 6. The highest BCUT2D eigenvalue weighted by atomic mass is 35.5. The second-order valence-electron chi connectivity index (χ2n) is 8.33. The summed E-state index contributed by atoms with van der Waals surface area (Å²) >= 11 is 6.14. The number of amides is 2. The maximum absolute atomic E-state index is 13.2. The Morgan fingerprint density at radius 1 is 1.13 bits per heavy atom. The lowest BCUT2D eigenvalue weighted by molar-refractivity contribution is -0.123. The fourth-order valence-corrected chi connectivity index (χ4v) is 3.90. The van der Waals surface area contributed by atoms with Crippen LogP contribution in [0.2, 0.25) is 5.02 Å². The average molecular weight is 535 g/mol. The SMILES string of the molecule is Cc1cc(C[C@H](NC(=O)C=Cc2cc(Cl)ccc2-n2cnnn2)C(=O)Nc2ccc(C(=O)O)cc2)n(C)n1. The molecule has 0 bridgehead atoms. The van der Waals surface area contributed by atoms with Gasteiger partial charge >= 0.3 is 5.97 Å². The minimum atomic E-state index is -1.07. The summed E-state index contributed by atoms with van der Waals surface area (Å²) in [6.07, 6.45) is 4.42. The molecule has 0 saturated heterocycles. The van der Waals surface area contributed by atoms with E-state index in [0.29, 0.717) is 22.0 Å². The molecule has 0 unspecified atom stereocenters. The smallest absolute Gasteiger partial charge is 0.335 e. The van der Waals surface area contributed by atoms with Crippen LogP contribution in [0.15, 0.2) is 60.9 Å². The van der Waals surface area contributed by atoms with Crippen LogP contribution in [0.5, 0.6) is 0 Å². The standard InChI is InChI=1S/C25H23ClN8O4/c1-15-11-20(33(2)30-15)13-21(24(36)28-19-7-3-16(4-8-19)25(37)38)29-23(35)10-5-17-12-18(26)6-9-22(17)34-14-27-31-32-34/h3-12,14,21H,13H2,1-2H3,(H,28,36)(H,29,35)(H,37,38)/t21-/m0/s1. The molecule has 2 amide bonds. The molecule has 0 aliphatic rings. The molecule has 4 aromatic rings. The topological polar surface area (TPSA) is 157 Å². The van der Waals surface area contributed by atoms with Crippen molar-refractivity contribution in [2.24, 2.45) is 7.05 Å². The third kappa shape index (κ3) is 6.48. The molecule has 0 fully saturated rings. The summed E-state index contributed by atoms with van der Waals surface area (Å²) in [4.78, 5) is 37.2. The Morgan fingerprint density at radius 3 is 2.53 bits per heavy atom. The molecular formula is C25H23ClN8O4. The van der Waals surface area contributed by atoms with Gasteiger partial charge in [0.2, 0.25) is 11.8 Å². The minimum Gasteiger partial charge on any atom is -0.478 e. The predicted octanol–water partition coefficient (Wildman–Crippen LogP) is 2.44. The van der Waals surface area contributed by atoms with E-state index in [0.717, 1.165) is 11.4 Å². The van der Waals surface area contributed by atoms with Crippen molar-refractivity contribution in [3.63, 3.8) is 0 Å². The van der Waals surface area contributed by atoms with Gasteiger partial charge < -0.3 is 15.7 Å². The first-order chi connectivity index (χ1) is 18.2. The number of carbonyl (C=O) groups excluding carboxylic acids is 2. The summed E-state index contributed by atoms with van der Waals surface area (Å²) in [7, 11) is 1.75. The molecule has 0 radical (unpaired) electrons. The Bertz CT molecular complexity index is 1500. The van der Waals surface area contributed by atoms with Crippen LogP contribution in [-0.2, 0) is 23.1 Å². The van der Waals surface area contributed by atoms with E-state index in [9.17, 15) is 14.4 Å². The summed E-state index contributed by atoms with van der Waals surface area (Å²) in [5.41, 5.74) is 3.18. The molecule has 13 heteroatoms. The molecule has 0 aliphatic heterocycles. The summed E-state index contributed by atoms with van der Waals surface area (Å²) in [5.74, 6) is -2.08. The first kappa shape index (κ1) is 26.2. The number of anilines is 1. The van der Waals surface area contributed by atoms with Crippen LogP contribution in [0.25, 0.3) is 11.8 Å². The number of hydrogen-bond acceptors (Lipinski definition) is 7. The summed E-state index contributed by atoms with van der Waals surface area (Å²) in [6.45, 7) is 1.83. The molecule has 2 aromatic carbocycles. The van der Waals surface area contributed by atoms with Gasteiger partial charge in [-0.15, -0.1) is 5.10 Å². The van der Waals surface area contributed by atoms with E-state index in [-0.39, 0.29) is 12.0 Å². The van der Waals surface area contributed by atoms with Gasteiger partial charge in [0.05, 0.1) is 16.9 Å². The Hall–Kier alpha value is -4.84. The number of carbonyl (C=O) groups is 3. The monoisotopic (exact) mass is 534 g/mol. The molecule has 12 nitrogen and oxygen atoms in total. The number of halogens is 1. The highest BCUT2D eigenvalue weighted by Gasteiger charge is 2.23. The van der Waals surface area contributed by atoms with E-state index in [1.165, 1.54) is 41.4 Å². The molecule has 1 atom stereocenters. The van der Waals surface area contributed by atoms with E-state index in [1.807, 2.05) is 13.0 Å². The van der Waals surface area contributed by atoms with Gasteiger partial charge in [-0.05, 0) is 72.0 Å². The fraction of sp³-hybridized carbons (Fsp3) is 0.160. The number of aryl methyl sites for hydroxylation is 2. The summed E-state index contributed by atoms with van der Waals surface area (Å²) in [6, 6.07) is 11.6. The number of carboxylic acids is 1. The van der Waals surface area contributed by atoms with Gasteiger partial charge in [0.15, 0.2) is 0 Å². The van der Waals surface area contributed by atoms with Crippen LogP contribution in [-0.4, -0.2) is 58.9 Å². The lowest BCUT2D eigenvalue weighted by atomic mass is 10.1. The zero-order valence-corrected chi connectivity index (χ0v) is 21.1. The van der Waals surface area contributed by atoms with E-state index < -0.39 is 23.8 Å². The van der Waals surface area contributed by atoms with Crippen molar-refractivity contribution >= 4 is 41.1 Å². The van der Waals surface area contributed by atoms with E-state index in [2.05, 4.69) is 31.3 Å². The third-order valence-electron chi connectivity index (χ3n) is 5.54. The maximum atomic E-state index is 13.2. The van der Waals surface area contributed by atoms with Gasteiger partial charge in [0.1, 0.15) is 12.4 Å². The van der Waals surface area contributed by atoms with Crippen molar-refractivity contribution in [3.05, 3.63) is 88.5 Å². The van der Waals surface area contributed by atoms with Gasteiger partial charge in [-0.2, -0.15) is 9.78 Å². The summed E-state index contributed by atoms with van der Waals surface area (Å²) < 4.78 is 3.08. The van der Waals surface area contributed by atoms with Crippen LogP contribution >= 0.6 is 11.6 Å². The van der Waals surface area contributed by atoms with Crippen LogP contribution < -0.4 is 10.6 Å². The number of carboxylic acid groups (broad SMARTS) is 1. The zero-order chi connectivity index (χ0) is 27.2. The number of aromatic carboxylic acids is 1. The van der Waals surface area contributed by atoms with Gasteiger partial charge in [0, 0.05) is 41.5 Å². The van der Waals surface area contributed by atoms with Gasteiger partial charge in [-0.1, -0.05) is 11.6 Å². The molecule has 194 valence electrons. The first-order valence-corrected chi connectivity index (χ1v) is 11.7. The molecule has 0 saturated carbocycles. The lowest BCUT2D eigenvalue weighted by Gasteiger charge is -2.18. The normalized spacial score (nSPS) is 11.9. The van der Waals surface area contributed by atoms with Gasteiger partial charge in [-0.3, -0.25) is 14.3 Å². The fourth-order valence-electron chi connectivity index (χ4n) is 3.72. The minimum absolute atomic E-state index is 0.0883. The predicted molar refractivity (Wildman–Crippen MR) is 139 cm³/mol. The molecule has 2 aromatic heterocycles. The molecule has 0 aliphatic carbocycles. The molecule has 2 heterocycles. The number of nitrogens with one attached hydrogen (secondary N) is 2. The number of benzene rings is 2. The second-order valence-corrected chi connectivity index (χ2v) is 8.77. The second kappa shape index (κ2) is 11.5. The number of nitrogens with zero attached hydrogens (tertiary/aromatic N) is 6. The Kier molecular flexibility index (Phi) is 7.92. The highest BCUT2D eigenvalue weighted by Crippen LogP contribution is 2.20. The third-order valence-corrected chi connectivity index (χ3v) is 5.78. The van der Waals surface area contributed by atoms with Crippen molar-refractivity contribution in [1.82, 2.24) is 35.3 Å². The maximum Gasteiger partial charge on any atom is 0.335 e. The van der Waals surface area contributed by atoms with Crippen molar-refractivity contribution < 1.29 is 19.5 Å². The zero-order valence-electron chi connectivity index (χ0n) is 20.4. The van der Waals surface area contributed by atoms with Crippen molar-refractivity contribution in [2.75, 3.05) is 5.32 Å². The van der Waals surface area contributed by atoms with Crippen LogP contribution in [0.3, 0.4) is 0 Å². The molecule has 0 spiro atoms. The molecule has 4 rings (SSSR count). The number of tetrazole rings is 1. The Balaban J connectivity index is 1.54. The lowest BCUT2D eigenvalue weighted by Crippen LogP contribution is -2.45. The van der Waals surface area contributed by atoms with E-state index in [1.54, 1.807) is 36.0 Å². The molecule has 38 heavy (non-hydrogen) atoms. The Labute approximate surface area is 221 Å². The molecule has 3 N–H and O–H groups in total. The van der Waals surface area contributed by atoms with Crippen molar-refractivity contribution in [1.29, 1.82) is 0 Å². The highest BCUT2D eigenvalue weighted by molar-refractivity contribution is 6.30. The van der Waals surface area contributed by atoms with E-state index >= 15 is 0 Å². The van der Waals surface area contributed by atoms with Crippen LogP contribution in [0, 0.1) is 6.92 Å². The van der Waals surface area contributed by atoms with Gasteiger partial charge in [0.25, 0.3) is 0 Å². The number of hydrogen-bond donors (Lipinski definition) is 3. The largest absolute Gasteiger partial charge is 0.478 e. The van der Waals surface area contributed by atoms with Gasteiger partial charge in [-0.25, -0.2) is 4.79 Å². The molecular weight excluding hydrogens is 512 g/mol. The van der Waals surface area contributed by atoms with Crippen LogP contribution in [0.4, 0.5) is 5.69 Å². The average Bonchev–Trinajstić information content (AvgIpc) is 3.52. The van der Waals surface area contributed by atoms with Crippen molar-refractivity contribution in [3.8, 4) is 5.69 Å². The quantitative estimate of drug-likeness (QED) is 0.276. The first-order valence-electron chi connectivity index (χ1n) is 11.3.